The molecule has 0 aromatic carbocycles. The molecule has 1 aliphatic rings. The largest absolute Gasteiger partial charge is 0.478 e. The predicted molar refractivity (Wildman–Crippen MR) is 123 cm³/mol. The highest BCUT2D eigenvalue weighted by atomic mass is 32.2. The van der Waals surface area contributed by atoms with E-state index in [0.717, 1.165) is 24.9 Å². The number of carboxylic acid groups (broad SMARTS) is 1. The maximum atomic E-state index is 12.4. The third-order valence-electron chi connectivity index (χ3n) is 4.46. The summed E-state index contributed by atoms with van der Waals surface area (Å²) in [5.74, 6) is -3.44. The third kappa shape index (κ3) is 11.7. The first-order valence-corrected chi connectivity index (χ1v) is 12.9. The van der Waals surface area contributed by atoms with Gasteiger partial charge in [0.25, 0.3) is 0 Å². The number of amides is 2. The van der Waals surface area contributed by atoms with Crippen molar-refractivity contribution in [2.24, 2.45) is 5.41 Å². The number of carboxylic acids is 1. The molecule has 2 amide bonds. The van der Waals surface area contributed by atoms with Crippen LogP contribution in [0.25, 0.3) is 0 Å². The van der Waals surface area contributed by atoms with Crippen molar-refractivity contribution in [2.45, 2.75) is 39.2 Å². The van der Waals surface area contributed by atoms with Crippen molar-refractivity contribution in [3.8, 4) is 0 Å². The van der Waals surface area contributed by atoms with Crippen LogP contribution in [-0.4, -0.2) is 78.2 Å². The van der Waals surface area contributed by atoms with E-state index in [9.17, 15) is 33.3 Å². The van der Waals surface area contributed by atoms with Crippen molar-refractivity contribution in [1.82, 2.24) is 10.6 Å². The number of Topliss-reactive ketones (excluding diaryl/α,β-unsaturated/α-hetero) is 1. The topological polar surface area (TPSA) is 191 Å². The van der Waals surface area contributed by atoms with Crippen LogP contribution in [0.15, 0.2) is 12.2 Å². The van der Waals surface area contributed by atoms with E-state index in [1.165, 1.54) is 0 Å². The first kappa shape index (κ1) is 30.7. The van der Waals surface area contributed by atoms with Crippen molar-refractivity contribution in [1.29, 1.82) is 0 Å². The Bertz CT molecular complexity index is 919. The highest BCUT2D eigenvalue weighted by Gasteiger charge is 2.48. The SMILES string of the molecule is COP1(=O)OCC(C)(C)[C@H](C(=O)NCCC(=O)NCCSC(=O)CC(=O)CC(=O)/C=C/C(=O)O)O1. The van der Waals surface area contributed by atoms with Crippen LogP contribution in [0, 0.1) is 5.41 Å². The number of allylic oxidation sites excluding steroid dienone is 1. The van der Waals surface area contributed by atoms with Gasteiger partial charge in [0.15, 0.2) is 17.0 Å². The molecule has 1 unspecified atom stereocenters. The van der Waals surface area contributed by atoms with Crippen LogP contribution in [0.5, 0.6) is 0 Å². The number of aliphatic carboxylic acids is 1. The second-order valence-electron chi connectivity index (χ2n) is 8.02. The van der Waals surface area contributed by atoms with E-state index in [1.54, 1.807) is 13.8 Å². The minimum Gasteiger partial charge on any atom is -0.478 e. The summed E-state index contributed by atoms with van der Waals surface area (Å²) in [6.07, 6.45) is -0.848. The molecular weight excluding hydrogens is 507 g/mol. The zero-order valence-corrected chi connectivity index (χ0v) is 21.3. The molecule has 1 rings (SSSR count). The van der Waals surface area contributed by atoms with E-state index in [0.29, 0.717) is 6.08 Å². The Morgan fingerprint density at radius 1 is 1.11 bits per heavy atom. The molecule has 0 aromatic rings. The first-order valence-electron chi connectivity index (χ1n) is 10.4. The third-order valence-corrected chi connectivity index (χ3v) is 6.70. The van der Waals surface area contributed by atoms with E-state index in [-0.39, 0.29) is 37.8 Å². The van der Waals surface area contributed by atoms with Crippen molar-refractivity contribution in [2.75, 3.05) is 32.6 Å². The smallest absolute Gasteiger partial charge is 0.475 e. The number of phosphoric ester groups is 1. The molecule has 2 atom stereocenters. The zero-order valence-electron chi connectivity index (χ0n) is 19.6. The minimum atomic E-state index is -3.82. The summed E-state index contributed by atoms with van der Waals surface area (Å²) in [4.78, 5) is 69.5. The van der Waals surface area contributed by atoms with Gasteiger partial charge >= 0.3 is 13.8 Å². The van der Waals surface area contributed by atoms with E-state index in [4.69, 9.17) is 18.7 Å². The van der Waals surface area contributed by atoms with Crippen LogP contribution in [0.1, 0.15) is 33.1 Å². The minimum absolute atomic E-state index is 0.0102. The lowest BCUT2D eigenvalue weighted by molar-refractivity contribution is -0.141. The lowest BCUT2D eigenvalue weighted by Crippen LogP contribution is -2.50. The Labute approximate surface area is 206 Å². The molecule has 0 spiro atoms. The highest BCUT2D eigenvalue weighted by molar-refractivity contribution is 8.13. The van der Waals surface area contributed by atoms with Gasteiger partial charge < -0.3 is 15.7 Å². The van der Waals surface area contributed by atoms with Gasteiger partial charge in [-0.15, -0.1) is 0 Å². The number of phosphoric acid groups is 1. The zero-order chi connectivity index (χ0) is 26.6. The fourth-order valence-electron chi connectivity index (χ4n) is 2.65. The average Bonchev–Trinajstić information content (AvgIpc) is 2.77. The molecule has 13 nitrogen and oxygen atoms in total. The lowest BCUT2D eigenvalue weighted by Gasteiger charge is -2.39. The van der Waals surface area contributed by atoms with Gasteiger partial charge in [-0.25, -0.2) is 9.36 Å². The molecular formula is C20H29N2O11PS. The Morgan fingerprint density at radius 2 is 1.80 bits per heavy atom. The summed E-state index contributed by atoms with van der Waals surface area (Å²) in [6.45, 7) is 3.50. The molecule has 1 saturated heterocycles. The molecule has 35 heavy (non-hydrogen) atoms. The summed E-state index contributed by atoms with van der Waals surface area (Å²) in [7, 11) is -2.67. The number of hydrogen-bond donors (Lipinski definition) is 3. The Morgan fingerprint density at radius 3 is 2.43 bits per heavy atom. The summed E-state index contributed by atoms with van der Waals surface area (Å²) in [5.41, 5.74) is -0.771. The van der Waals surface area contributed by atoms with Gasteiger partial charge in [0.2, 0.25) is 11.8 Å². The fourth-order valence-corrected chi connectivity index (χ4v) is 4.73. The molecule has 15 heteroatoms. The summed E-state index contributed by atoms with van der Waals surface area (Å²) < 4.78 is 27.1. The van der Waals surface area contributed by atoms with Gasteiger partial charge in [0.05, 0.1) is 19.4 Å². The van der Waals surface area contributed by atoms with Gasteiger partial charge in [-0.1, -0.05) is 25.6 Å². The molecule has 1 heterocycles. The van der Waals surface area contributed by atoms with Crippen molar-refractivity contribution in [3.63, 3.8) is 0 Å². The summed E-state index contributed by atoms with van der Waals surface area (Å²) in [6, 6.07) is 0. The van der Waals surface area contributed by atoms with E-state index >= 15 is 0 Å². The Hall–Kier alpha value is -2.38. The van der Waals surface area contributed by atoms with Gasteiger partial charge in [0.1, 0.15) is 5.78 Å². The number of nitrogens with one attached hydrogen (secondary N) is 2. The fraction of sp³-hybridized carbons (Fsp3) is 0.600. The van der Waals surface area contributed by atoms with E-state index in [2.05, 4.69) is 10.6 Å². The molecule has 0 aliphatic carbocycles. The van der Waals surface area contributed by atoms with E-state index < -0.39 is 60.7 Å². The molecule has 1 fully saturated rings. The number of rotatable bonds is 14. The standard InChI is InChI=1S/C20H29N2O11PS/c1-20(2)12-32-34(30,31-3)33-18(20)19(29)22-7-6-15(25)21-8-9-35-17(28)11-14(24)10-13(23)4-5-16(26)27/h4-5,18H,6-12H2,1-3H3,(H,21,25)(H,22,29)(H,26,27)/b5-4+/t18-,34?/m0/s1. The normalized spacial score (nSPS) is 21.3. The van der Waals surface area contributed by atoms with Crippen LogP contribution in [0.3, 0.4) is 0 Å². The van der Waals surface area contributed by atoms with Crippen molar-refractivity contribution in [3.05, 3.63) is 12.2 Å². The molecule has 0 saturated carbocycles. The predicted octanol–water partition coefficient (Wildman–Crippen LogP) is 0.624. The average molecular weight is 536 g/mol. The molecule has 196 valence electrons. The molecule has 0 bridgehead atoms. The maximum Gasteiger partial charge on any atom is 0.475 e. The van der Waals surface area contributed by atoms with Crippen molar-refractivity contribution < 1.29 is 52.0 Å². The van der Waals surface area contributed by atoms with Gasteiger partial charge in [-0.3, -0.25) is 37.5 Å². The molecule has 1 aliphatic heterocycles. The number of carbonyl (C=O) groups excluding carboxylic acids is 5. The monoisotopic (exact) mass is 536 g/mol. The van der Waals surface area contributed by atoms with Gasteiger partial charge in [-0.05, 0) is 6.08 Å². The van der Waals surface area contributed by atoms with Gasteiger partial charge in [0, 0.05) is 43.9 Å². The quantitative estimate of drug-likeness (QED) is 0.122. The van der Waals surface area contributed by atoms with Crippen LogP contribution in [-0.2, 0) is 46.9 Å². The van der Waals surface area contributed by atoms with Crippen LogP contribution >= 0.6 is 19.6 Å². The maximum absolute atomic E-state index is 12.4. The Balaban J connectivity index is 2.26. The second-order valence-corrected chi connectivity index (χ2v) is 10.9. The van der Waals surface area contributed by atoms with E-state index in [1.807, 2.05) is 0 Å². The van der Waals surface area contributed by atoms with Gasteiger partial charge in [-0.2, -0.15) is 0 Å². The summed E-state index contributed by atoms with van der Waals surface area (Å²) >= 11 is 0.807. The molecule has 0 radical (unpaired) electrons. The Kier molecular flexibility index (Phi) is 12.5. The van der Waals surface area contributed by atoms with Crippen molar-refractivity contribution >= 4 is 54.1 Å². The molecule has 3 N–H and O–H groups in total. The van der Waals surface area contributed by atoms with Crippen LogP contribution < -0.4 is 10.6 Å². The number of hydrogen-bond acceptors (Lipinski definition) is 11. The first-order chi connectivity index (χ1) is 16.3. The number of thioether (sulfide) groups is 1. The summed E-state index contributed by atoms with van der Waals surface area (Å²) in [5, 5.41) is 13.0. The second kappa shape index (κ2) is 14.2. The number of ketones is 2. The van der Waals surface area contributed by atoms with Crippen LogP contribution in [0.2, 0.25) is 0 Å². The lowest BCUT2D eigenvalue weighted by atomic mass is 9.87. The number of carbonyl (C=O) groups is 6. The highest BCUT2D eigenvalue weighted by Crippen LogP contribution is 2.56. The molecule has 0 aromatic heterocycles. The van der Waals surface area contributed by atoms with Crippen LogP contribution in [0.4, 0.5) is 0 Å².